The van der Waals surface area contributed by atoms with Crippen LogP contribution in [0.25, 0.3) is 0 Å². The lowest BCUT2D eigenvalue weighted by molar-refractivity contribution is -0.118. The van der Waals surface area contributed by atoms with Gasteiger partial charge in [0.05, 0.1) is 18.7 Å². The summed E-state index contributed by atoms with van der Waals surface area (Å²) in [6.07, 6.45) is 0.0787. The summed E-state index contributed by atoms with van der Waals surface area (Å²) >= 11 is 12.2. The number of nitrogens with zero attached hydrogens (tertiary/aromatic N) is 1. The predicted molar refractivity (Wildman–Crippen MR) is 84.4 cm³/mol. The lowest BCUT2D eigenvalue weighted by Crippen LogP contribution is -2.39. The second-order valence-electron chi connectivity index (χ2n) is 4.88. The van der Waals surface area contributed by atoms with Crippen molar-refractivity contribution in [2.24, 2.45) is 0 Å². The first-order valence-electron chi connectivity index (χ1n) is 6.72. The fourth-order valence-corrected chi connectivity index (χ4v) is 2.93. The van der Waals surface area contributed by atoms with Crippen LogP contribution in [-0.2, 0) is 11.2 Å². The molecule has 2 aromatic carbocycles. The minimum Gasteiger partial charge on any atom is -0.489 e. The lowest BCUT2D eigenvalue weighted by atomic mass is 10.1. The van der Waals surface area contributed by atoms with Crippen molar-refractivity contribution in [3.63, 3.8) is 0 Å². The van der Waals surface area contributed by atoms with Gasteiger partial charge in [0.25, 0.3) is 0 Å². The van der Waals surface area contributed by atoms with Crippen LogP contribution in [0.2, 0.25) is 10.0 Å². The second kappa shape index (κ2) is 6.15. The molecule has 1 amide bonds. The zero-order valence-corrected chi connectivity index (χ0v) is 13.0. The van der Waals surface area contributed by atoms with E-state index in [1.54, 1.807) is 23.1 Å². The van der Waals surface area contributed by atoms with Crippen LogP contribution in [-0.4, -0.2) is 19.1 Å². The molecule has 0 saturated carbocycles. The Labute approximate surface area is 137 Å². The van der Waals surface area contributed by atoms with Crippen molar-refractivity contribution < 1.29 is 13.9 Å². The number of carbonyl (C=O) groups is 1. The molecule has 3 nitrogen and oxygen atoms in total. The molecule has 0 unspecified atom stereocenters. The Kier molecular flexibility index (Phi) is 4.23. The highest BCUT2D eigenvalue weighted by Crippen LogP contribution is 2.33. The number of halogens is 3. The molecule has 22 heavy (non-hydrogen) atoms. The second-order valence-corrected chi connectivity index (χ2v) is 5.70. The van der Waals surface area contributed by atoms with Gasteiger partial charge in [0.1, 0.15) is 18.2 Å². The first kappa shape index (κ1) is 15.1. The molecule has 0 atom stereocenters. The molecule has 0 fully saturated rings. The molecule has 6 heteroatoms. The van der Waals surface area contributed by atoms with E-state index in [2.05, 4.69) is 0 Å². The van der Waals surface area contributed by atoms with Gasteiger partial charge in [-0.05, 0) is 29.8 Å². The Morgan fingerprint density at radius 3 is 2.68 bits per heavy atom. The fourth-order valence-electron chi connectivity index (χ4n) is 2.40. The number of ether oxygens (including phenoxy) is 1. The number of fused-ring (bicyclic) bond motifs is 1. The molecule has 0 saturated heterocycles. The zero-order valence-electron chi connectivity index (χ0n) is 11.5. The Morgan fingerprint density at radius 2 is 1.95 bits per heavy atom. The molecule has 0 radical (unpaired) electrons. The largest absolute Gasteiger partial charge is 0.489 e. The summed E-state index contributed by atoms with van der Waals surface area (Å²) in [4.78, 5) is 14.1. The van der Waals surface area contributed by atoms with Gasteiger partial charge >= 0.3 is 0 Å². The van der Waals surface area contributed by atoms with Crippen molar-refractivity contribution in [2.75, 3.05) is 18.1 Å². The summed E-state index contributed by atoms with van der Waals surface area (Å²) in [6, 6.07) is 9.23. The number of benzene rings is 2. The minimum absolute atomic E-state index is 0.0787. The monoisotopic (exact) mass is 339 g/mol. The first-order chi connectivity index (χ1) is 10.6. The van der Waals surface area contributed by atoms with E-state index >= 15 is 0 Å². The number of hydrogen-bond donors (Lipinski definition) is 0. The summed E-state index contributed by atoms with van der Waals surface area (Å²) in [5.41, 5.74) is 1.15. The third-order valence-corrected chi connectivity index (χ3v) is 4.18. The fraction of sp³-hybridized carbons (Fsp3) is 0.188. The van der Waals surface area contributed by atoms with Crippen LogP contribution in [0.3, 0.4) is 0 Å². The highest BCUT2D eigenvalue weighted by atomic mass is 35.5. The Morgan fingerprint density at radius 1 is 1.23 bits per heavy atom. The van der Waals surface area contributed by atoms with Crippen molar-refractivity contribution in [2.45, 2.75) is 6.42 Å². The van der Waals surface area contributed by atoms with Crippen LogP contribution in [0.15, 0.2) is 36.4 Å². The molecule has 3 rings (SSSR count). The first-order valence-corrected chi connectivity index (χ1v) is 7.47. The average Bonchev–Trinajstić information content (AvgIpc) is 2.50. The number of hydrogen-bond acceptors (Lipinski definition) is 2. The van der Waals surface area contributed by atoms with E-state index in [1.807, 2.05) is 0 Å². The standard InChI is InChI=1S/C16H12Cl2FNO2/c17-12-2-1-3-13(18)11(12)9-16(21)20-6-7-22-15-8-10(19)4-5-14(15)20/h1-5,8H,6-7,9H2. The molecular formula is C16H12Cl2FNO2. The molecule has 114 valence electrons. The van der Waals surface area contributed by atoms with Gasteiger partial charge in [0.15, 0.2) is 0 Å². The predicted octanol–water partition coefficient (Wildman–Crippen LogP) is 4.10. The number of anilines is 1. The molecule has 1 heterocycles. The molecule has 0 N–H and O–H groups in total. The number of rotatable bonds is 2. The molecule has 2 aromatic rings. The smallest absolute Gasteiger partial charge is 0.231 e. The van der Waals surface area contributed by atoms with Gasteiger partial charge in [-0.15, -0.1) is 0 Å². The van der Waals surface area contributed by atoms with Crippen molar-refractivity contribution in [3.05, 3.63) is 57.8 Å². The molecule has 0 spiro atoms. The minimum atomic E-state index is -0.401. The van der Waals surface area contributed by atoms with Crippen molar-refractivity contribution in [1.82, 2.24) is 0 Å². The summed E-state index contributed by atoms with van der Waals surface area (Å²) in [5, 5.41) is 0.905. The molecule has 0 aromatic heterocycles. The van der Waals surface area contributed by atoms with Crippen molar-refractivity contribution in [1.29, 1.82) is 0 Å². The normalized spacial score (nSPS) is 13.5. The van der Waals surface area contributed by atoms with Crippen LogP contribution >= 0.6 is 23.2 Å². The van der Waals surface area contributed by atoms with E-state index in [4.69, 9.17) is 27.9 Å². The van der Waals surface area contributed by atoms with Crippen LogP contribution < -0.4 is 9.64 Å². The lowest BCUT2D eigenvalue weighted by Gasteiger charge is -2.29. The van der Waals surface area contributed by atoms with E-state index < -0.39 is 5.82 Å². The molecule has 1 aliphatic heterocycles. The van der Waals surface area contributed by atoms with Crippen molar-refractivity contribution >= 4 is 34.8 Å². The SMILES string of the molecule is O=C(Cc1c(Cl)cccc1Cl)N1CCOc2cc(F)ccc21. The van der Waals surface area contributed by atoms with Gasteiger partial charge in [-0.25, -0.2) is 4.39 Å². The third-order valence-electron chi connectivity index (χ3n) is 3.48. The van der Waals surface area contributed by atoms with E-state index in [0.29, 0.717) is 40.2 Å². The maximum atomic E-state index is 13.3. The molecule has 0 bridgehead atoms. The maximum absolute atomic E-state index is 13.3. The summed E-state index contributed by atoms with van der Waals surface area (Å²) in [6.45, 7) is 0.720. The van der Waals surface area contributed by atoms with Gasteiger partial charge in [-0.3, -0.25) is 4.79 Å². The van der Waals surface area contributed by atoms with Crippen LogP contribution in [0.1, 0.15) is 5.56 Å². The summed E-state index contributed by atoms with van der Waals surface area (Å²) in [5.74, 6) is -0.196. The quantitative estimate of drug-likeness (QED) is 0.824. The highest BCUT2D eigenvalue weighted by Gasteiger charge is 2.25. The van der Waals surface area contributed by atoms with Gasteiger partial charge in [-0.1, -0.05) is 29.3 Å². The number of amides is 1. The van der Waals surface area contributed by atoms with E-state index in [-0.39, 0.29) is 12.3 Å². The summed E-state index contributed by atoms with van der Waals surface area (Å²) in [7, 11) is 0. The molecular weight excluding hydrogens is 328 g/mol. The van der Waals surface area contributed by atoms with Crippen LogP contribution in [0, 0.1) is 5.82 Å². The Hall–Kier alpha value is -1.78. The van der Waals surface area contributed by atoms with E-state index in [9.17, 15) is 9.18 Å². The maximum Gasteiger partial charge on any atom is 0.231 e. The van der Waals surface area contributed by atoms with Gasteiger partial charge in [0, 0.05) is 16.1 Å². The van der Waals surface area contributed by atoms with Crippen LogP contribution in [0.5, 0.6) is 5.75 Å². The van der Waals surface area contributed by atoms with Gasteiger partial charge < -0.3 is 9.64 Å². The zero-order chi connectivity index (χ0) is 15.7. The molecule has 1 aliphatic rings. The van der Waals surface area contributed by atoms with E-state index in [1.165, 1.54) is 18.2 Å². The third kappa shape index (κ3) is 2.89. The highest BCUT2D eigenvalue weighted by molar-refractivity contribution is 6.36. The van der Waals surface area contributed by atoms with Crippen LogP contribution in [0.4, 0.5) is 10.1 Å². The Bertz CT molecular complexity index is 716. The summed E-state index contributed by atoms with van der Waals surface area (Å²) < 4.78 is 18.7. The topological polar surface area (TPSA) is 29.5 Å². The molecule has 0 aliphatic carbocycles. The number of carbonyl (C=O) groups excluding carboxylic acids is 1. The van der Waals surface area contributed by atoms with Gasteiger partial charge in [0.2, 0.25) is 5.91 Å². The van der Waals surface area contributed by atoms with E-state index in [0.717, 1.165) is 0 Å². The van der Waals surface area contributed by atoms with Gasteiger partial charge in [-0.2, -0.15) is 0 Å². The average molecular weight is 340 g/mol. The van der Waals surface area contributed by atoms with Crippen molar-refractivity contribution in [3.8, 4) is 5.75 Å². The Balaban J connectivity index is 1.88.